The fourth-order valence-corrected chi connectivity index (χ4v) is 2.50. The molecule has 1 aromatic carbocycles. The maximum Gasteiger partial charge on any atom is 0.326 e. The van der Waals surface area contributed by atoms with Crippen LogP contribution < -0.4 is 5.32 Å². The molecule has 0 aromatic heterocycles. The zero-order valence-corrected chi connectivity index (χ0v) is 12.8. The maximum absolute atomic E-state index is 12.2. The topological polar surface area (TPSA) is 66.4 Å². The van der Waals surface area contributed by atoms with Gasteiger partial charge < -0.3 is 10.4 Å². The van der Waals surface area contributed by atoms with Gasteiger partial charge in [0.2, 0.25) is 0 Å². The van der Waals surface area contributed by atoms with E-state index in [1.165, 1.54) is 0 Å². The van der Waals surface area contributed by atoms with Crippen LogP contribution in [-0.2, 0) is 4.79 Å². The first-order valence-electron chi connectivity index (χ1n) is 6.28. The van der Waals surface area contributed by atoms with E-state index >= 15 is 0 Å². The number of hydrogen-bond acceptors (Lipinski definition) is 2. The van der Waals surface area contributed by atoms with Gasteiger partial charge in [-0.3, -0.25) is 4.79 Å². The third kappa shape index (κ3) is 3.68. The first-order valence-corrected chi connectivity index (χ1v) is 7.35. The first kappa shape index (κ1) is 14.3. The monoisotopic (exact) mass is 373 g/mol. The Bertz CT molecular complexity index is 511. The summed E-state index contributed by atoms with van der Waals surface area (Å²) < 4.78 is 0.999. The van der Waals surface area contributed by atoms with E-state index in [1.54, 1.807) is 12.1 Å². The average molecular weight is 373 g/mol. The molecule has 2 N–H and O–H groups in total. The van der Waals surface area contributed by atoms with E-state index in [1.807, 2.05) is 13.0 Å². The van der Waals surface area contributed by atoms with Crippen molar-refractivity contribution >= 4 is 34.5 Å². The summed E-state index contributed by atoms with van der Waals surface area (Å²) >= 11 is 2.16. The standard InChI is InChI=1S/C14H16INO3/c1-8-10(3-2-4-11(8)15)13(17)16-12(14(18)19)7-9-5-6-9/h2-4,9,12H,5-7H2,1H3,(H,16,17)(H,18,19). The summed E-state index contributed by atoms with van der Waals surface area (Å²) in [5.74, 6) is -0.800. The van der Waals surface area contributed by atoms with Gasteiger partial charge in [0.05, 0.1) is 0 Å². The lowest BCUT2D eigenvalue weighted by molar-refractivity contribution is -0.139. The van der Waals surface area contributed by atoms with Gasteiger partial charge >= 0.3 is 5.97 Å². The molecule has 0 heterocycles. The van der Waals surface area contributed by atoms with Crippen LogP contribution in [-0.4, -0.2) is 23.0 Å². The zero-order chi connectivity index (χ0) is 14.0. The van der Waals surface area contributed by atoms with Gasteiger partial charge in [-0.1, -0.05) is 18.9 Å². The molecule has 1 amide bonds. The van der Waals surface area contributed by atoms with Crippen molar-refractivity contribution < 1.29 is 14.7 Å². The Kier molecular flexibility index (Phi) is 4.44. The summed E-state index contributed by atoms with van der Waals surface area (Å²) in [6, 6.07) is 4.67. The molecule has 1 aliphatic rings. The fourth-order valence-electron chi connectivity index (χ4n) is 2.00. The number of amides is 1. The molecule has 0 radical (unpaired) electrons. The van der Waals surface area contributed by atoms with E-state index in [0.29, 0.717) is 17.9 Å². The molecule has 0 spiro atoms. The molecule has 4 nitrogen and oxygen atoms in total. The lowest BCUT2D eigenvalue weighted by Crippen LogP contribution is -2.41. The quantitative estimate of drug-likeness (QED) is 0.780. The van der Waals surface area contributed by atoms with Crippen molar-refractivity contribution in [1.82, 2.24) is 5.32 Å². The Labute approximate surface area is 125 Å². The molecule has 5 heteroatoms. The molecule has 0 aliphatic heterocycles. The Hall–Kier alpha value is -1.11. The van der Waals surface area contributed by atoms with Crippen LogP contribution >= 0.6 is 22.6 Å². The SMILES string of the molecule is Cc1c(I)cccc1C(=O)NC(CC1CC1)C(=O)O. The van der Waals surface area contributed by atoms with Crippen LogP contribution in [0.3, 0.4) is 0 Å². The van der Waals surface area contributed by atoms with Crippen LogP contribution in [0.1, 0.15) is 35.2 Å². The molecule has 1 fully saturated rings. The average Bonchev–Trinajstić information content (AvgIpc) is 3.15. The molecule has 2 rings (SSSR count). The number of halogens is 1. The summed E-state index contributed by atoms with van der Waals surface area (Å²) in [7, 11) is 0. The van der Waals surface area contributed by atoms with E-state index in [0.717, 1.165) is 22.0 Å². The van der Waals surface area contributed by atoms with Crippen LogP contribution in [0.25, 0.3) is 0 Å². The largest absolute Gasteiger partial charge is 0.480 e. The van der Waals surface area contributed by atoms with Gasteiger partial charge in [-0.25, -0.2) is 4.79 Å². The minimum Gasteiger partial charge on any atom is -0.480 e. The van der Waals surface area contributed by atoms with Gasteiger partial charge in [0.15, 0.2) is 0 Å². The van der Waals surface area contributed by atoms with Gasteiger partial charge in [0, 0.05) is 9.13 Å². The van der Waals surface area contributed by atoms with E-state index in [2.05, 4.69) is 27.9 Å². The van der Waals surface area contributed by atoms with Gasteiger partial charge in [-0.2, -0.15) is 0 Å². The number of nitrogens with one attached hydrogen (secondary N) is 1. The normalized spacial score (nSPS) is 15.9. The number of rotatable bonds is 5. The van der Waals surface area contributed by atoms with E-state index < -0.39 is 12.0 Å². The number of carboxylic acid groups (broad SMARTS) is 1. The minimum absolute atomic E-state index is 0.302. The maximum atomic E-state index is 12.2. The van der Waals surface area contributed by atoms with E-state index in [4.69, 9.17) is 5.11 Å². The van der Waals surface area contributed by atoms with Crippen LogP contribution in [0.4, 0.5) is 0 Å². The number of aliphatic carboxylic acids is 1. The Morgan fingerprint density at radius 3 is 2.74 bits per heavy atom. The van der Waals surface area contributed by atoms with Crippen molar-refractivity contribution in [2.24, 2.45) is 5.92 Å². The Balaban J connectivity index is 2.09. The number of benzene rings is 1. The second-order valence-electron chi connectivity index (χ2n) is 4.96. The molecule has 0 bridgehead atoms. The number of hydrogen-bond donors (Lipinski definition) is 2. The highest BCUT2D eigenvalue weighted by Gasteiger charge is 2.30. The van der Waals surface area contributed by atoms with Crippen molar-refractivity contribution in [2.75, 3.05) is 0 Å². The molecule has 1 unspecified atom stereocenters. The molecule has 19 heavy (non-hydrogen) atoms. The molecule has 1 aromatic rings. The predicted octanol–water partition coefficient (Wildman–Crippen LogP) is 2.58. The number of carbonyl (C=O) groups excluding carboxylic acids is 1. The van der Waals surface area contributed by atoms with Crippen molar-refractivity contribution in [3.8, 4) is 0 Å². The molecule has 1 saturated carbocycles. The van der Waals surface area contributed by atoms with Crippen molar-refractivity contribution in [1.29, 1.82) is 0 Å². The molecular weight excluding hydrogens is 357 g/mol. The van der Waals surface area contributed by atoms with Crippen molar-refractivity contribution in [3.63, 3.8) is 0 Å². The summed E-state index contributed by atoms with van der Waals surface area (Å²) in [5, 5.41) is 11.8. The van der Waals surface area contributed by atoms with Gasteiger partial charge in [0.1, 0.15) is 6.04 Å². The number of carboxylic acids is 1. The molecule has 0 saturated heterocycles. The zero-order valence-electron chi connectivity index (χ0n) is 10.6. The number of carbonyl (C=O) groups is 2. The molecule has 1 aliphatic carbocycles. The molecule has 1 atom stereocenters. The van der Waals surface area contributed by atoms with Crippen LogP contribution in [0.2, 0.25) is 0 Å². The second kappa shape index (κ2) is 5.90. The van der Waals surface area contributed by atoms with Crippen molar-refractivity contribution in [2.45, 2.75) is 32.2 Å². The lowest BCUT2D eigenvalue weighted by Gasteiger charge is -2.15. The Morgan fingerprint density at radius 2 is 2.16 bits per heavy atom. The minimum atomic E-state index is -0.955. The van der Waals surface area contributed by atoms with E-state index in [-0.39, 0.29) is 5.91 Å². The summed E-state index contributed by atoms with van der Waals surface area (Å²) in [6.45, 7) is 1.87. The van der Waals surface area contributed by atoms with Gasteiger partial charge in [-0.05, 0) is 59.5 Å². The third-order valence-corrected chi connectivity index (χ3v) is 4.55. The lowest BCUT2D eigenvalue weighted by atomic mass is 10.1. The highest BCUT2D eigenvalue weighted by molar-refractivity contribution is 14.1. The Morgan fingerprint density at radius 1 is 1.47 bits per heavy atom. The molecular formula is C14H16INO3. The van der Waals surface area contributed by atoms with Crippen LogP contribution in [0.15, 0.2) is 18.2 Å². The smallest absolute Gasteiger partial charge is 0.326 e. The summed E-state index contributed by atoms with van der Waals surface area (Å²) in [4.78, 5) is 23.3. The summed E-state index contributed by atoms with van der Waals surface area (Å²) in [5.41, 5.74) is 1.44. The van der Waals surface area contributed by atoms with Crippen molar-refractivity contribution in [3.05, 3.63) is 32.9 Å². The molecule has 102 valence electrons. The summed E-state index contributed by atoms with van der Waals surface area (Å²) in [6.07, 6.45) is 2.67. The highest BCUT2D eigenvalue weighted by atomic mass is 127. The van der Waals surface area contributed by atoms with E-state index in [9.17, 15) is 9.59 Å². The predicted molar refractivity (Wildman–Crippen MR) is 80.1 cm³/mol. The van der Waals surface area contributed by atoms with Crippen LogP contribution in [0, 0.1) is 16.4 Å². The van der Waals surface area contributed by atoms with Gasteiger partial charge in [-0.15, -0.1) is 0 Å². The highest BCUT2D eigenvalue weighted by Crippen LogP contribution is 2.33. The second-order valence-corrected chi connectivity index (χ2v) is 6.12. The first-order chi connectivity index (χ1) is 8.99. The van der Waals surface area contributed by atoms with Gasteiger partial charge in [0.25, 0.3) is 5.91 Å². The fraction of sp³-hybridized carbons (Fsp3) is 0.429. The third-order valence-electron chi connectivity index (χ3n) is 3.38. The van der Waals surface area contributed by atoms with Crippen LogP contribution in [0.5, 0.6) is 0 Å².